The number of nitrogens with one attached hydrogen (secondary N) is 3. The SMILES string of the molecule is C=CC(=O)N[C@@H]1CCCN(c2nc(-c3ccc(Oc4ccccc4)cc3)c(C(N)=O)c3[nH]c(=O)[nH]c23)C1. The molecule has 1 aliphatic heterocycles. The molecule has 0 unspecified atom stereocenters. The van der Waals surface area contributed by atoms with E-state index in [0.29, 0.717) is 52.7 Å². The molecule has 188 valence electrons. The van der Waals surface area contributed by atoms with E-state index >= 15 is 0 Å². The molecule has 1 saturated heterocycles. The maximum Gasteiger partial charge on any atom is 0.323 e. The first-order valence-electron chi connectivity index (χ1n) is 11.9. The summed E-state index contributed by atoms with van der Waals surface area (Å²) in [4.78, 5) is 49.0. The Labute approximate surface area is 212 Å². The van der Waals surface area contributed by atoms with Crippen molar-refractivity contribution in [1.82, 2.24) is 20.3 Å². The second kappa shape index (κ2) is 10.0. The van der Waals surface area contributed by atoms with Gasteiger partial charge in [0, 0.05) is 24.7 Å². The number of fused-ring (bicyclic) bond motifs is 1. The largest absolute Gasteiger partial charge is 0.457 e. The third-order valence-corrected chi connectivity index (χ3v) is 6.26. The number of hydrogen-bond donors (Lipinski definition) is 4. The van der Waals surface area contributed by atoms with Crippen LogP contribution in [0.1, 0.15) is 23.2 Å². The van der Waals surface area contributed by atoms with Crippen molar-refractivity contribution in [2.75, 3.05) is 18.0 Å². The Morgan fingerprint density at radius 3 is 2.49 bits per heavy atom. The van der Waals surface area contributed by atoms with E-state index in [9.17, 15) is 14.4 Å². The number of amides is 2. The maximum absolute atomic E-state index is 12.6. The average molecular weight is 499 g/mol. The Hall–Kier alpha value is -4.86. The number of carbonyl (C=O) groups excluding carboxylic acids is 2. The van der Waals surface area contributed by atoms with Gasteiger partial charge in [0.15, 0.2) is 5.82 Å². The summed E-state index contributed by atoms with van der Waals surface area (Å²) in [7, 11) is 0. The first-order chi connectivity index (χ1) is 17.9. The summed E-state index contributed by atoms with van der Waals surface area (Å²) in [5.41, 5.74) is 7.06. The summed E-state index contributed by atoms with van der Waals surface area (Å²) >= 11 is 0. The lowest BCUT2D eigenvalue weighted by Gasteiger charge is -2.34. The molecule has 5 rings (SSSR count). The molecule has 4 aromatic rings. The fourth-order valence-corrected chi connectivity index (χ4v) is 4.61. The topological polar surface area (TPSA) is 146 Å². The van der Waals surface area contributed by atoms with Crippen LogP contribution in [0.25, 0.3) is 22.3 Å². The summed E-state index contributed by atoms with van der Waals surface area (Å²) in [5.74, 6) is 0.846. The highest BCUT2D eigenvalue weighted by Crippen LogP contribution is 2.34. The average Bonchev–Trinajstić information content (AvgIpc) is 3.29. The number of nitrogens with two attached hydrogens (primary N) is 1. The molecule has 2 aromatic carbocycles. The number of nitrogens with zero attached hydrogens (tertiary/aromatic N) is 2. The Balaban J connectivity index is 1.56. The van der Waals surface area contributed by atoms with Crippen molar-refractivity contribution in [3.63, 3.8) is 0 Å². The van der Waals surface area contributed by atoms with Gasteiger partial charge < -0.3 is 30.7 Å². The summed E-state index contributed by atoms with van der Waals surface area (Å²) < 4.78 is 5.88. The molecule has 1 atom stereocenters. The molecule has 5 N–H and O–H groups in total. The molecule has 1 fully saturated rings. The van der Waals surface area contributed by atoms with Crippen LogP contribution in [-0.4, -0.2) is 45.9 Å². The van der Waals surface area contributed by atoms with Gasteiger partial charge in [-0.3, -0.25) is 9.59 Å². The van der Waals surface area contributed by atoms with Crippen molar-refractivity contribution in [2.45, 2.75) is 18.9 Å². The Morgan fingerprint density at radius 1 is 1.08 bits per heavy atom. The van der Waals surface area contributed by atoms with E-state index in [0.717, 1.165) is 12.8 Å². The van der Waals surface area contributed by atoms with Gasteiger partial charge in [0.25, 0.3) is 5.91 Å². The zero-order chi connectivity index (χ0) is 25.9. The summed E-state index contributed by atoms with van der Waals surface area (Å²) in [6.07, 6.45) is 2.85. The lowest BCUT2D eigenvalue weighted by Crippen LogP contribution is -2.47. The molecule has 0 spiro atoms. The van der Waals surface area contributed by atoms with Crippen LogP contribution in [0.2, 0.25) is 0 Å². The Bertz CT molecular complexity index is 1520. The second-order valence-electron chi connectivity index (χ2n) is 8.79. The number of pyridine rings is 1. The van der Waals surface area contributed by atoms with Crippen molar-refractivity contribution in [2.24, 2.45) is 5.73 Å². The number of aromatic amines is 2. The number of hydrogen-bond acceptors (Lipinski definition) is 6. The van der Waals surface area contributed by atoms with E-state index in [1.165, 1.54) is 6.08 Å². The van der Waals surface area contributed by atoms with Crippen molar-refractivity contribution in [3.8, 4) is 22.8 Å². The number of imidazole rings is 1. The molecule has 37 heavy (non-hydrogen) atoms. The molecule has 3 heterocycles. The Morgan fingerprint density at radius 2 is 1.78 bits per heavy atom. The second-order valence-corrected chi connectivity index (χ2v) is 8.79. The van der Waals surface area contributed by atoms with Crippen molar-refractivity contribution in [3.05, 3.63) is 83.3 Å². The van der Waals surface area contributed by atoms with Gasteiger partial charge in [0.05, 0.1) is 16.8 Å². The van der Waals surface area contributed by atoms with Gasteiger partial charge in [-0.1, -0.05) is 24.8 Å². The molecule has 0 radical (unpaired) electrons. The minimum absolute atomic E-state index is 0.113. The molecule has 1 aliphatic rings. The fraction of sp³-hybridized carbons (Fsp3) is 0.185. The van der Waals surface area contributed by atoms with Gasteiger partial charge in [-0.25, -0.2) is 9.78 Å². The standard InChI is InChI=1S/C27H26N6O4/c1-2-20(34)29-17-7-6-14-33(15-17)26-24-23(31-27(36)32-24)21(25(28)35)22(30-26)16-10-12-19(13-11-16)37-18-8-4-3-5-9-18/h2-5,8-13,17H,1,6-7,14-15H2,(H2,28,35)(H,29,34)(H2,31,32,36)/t17-/m1/s1. The van der Waals surface area contributed by atoms with Gasteiger partial charge in [0.2, 0.25) is 5.91 Å². The van der Waals surface area contributed by atoms with Gasteiger partial charge >= 0.3 is 5.69 Å². The molecule has 10 heteroatoms. The minimum atomic E-state index is -0.714. The van der Waals surface area contributed by atoms with Crippen LogP contribution in [0.15, 0.2) is 72.0 Å². The number of piperidine rings is 1. The maximum atomic E-state index is 12.6. The van der Waals surface area contributed by atoms with Crippen molar-refractivity contribution < 1.29 is 14.3 Å². The van der Waals surface area contributed by atoms with Crippen LogP contribution in [0.3, 0.4) is 0 Å². The molecular formula is C27H26N6O4. The van der Waals surface area contributed by atoms with E-state index in [4.69, 9.17) is 15.5 Å². The molecule has 0 bridgehead atoms. The number of rotatable bonds is 7. The third-order valence-electron chi connectivity index (χ3n) is 6.26. The van der Waals surface area contributed by atoms with Crippen LogP contribution in [0.5, 0.6) is 11.5 Å². The summed E-state index contributed by atoms with van der Waals surface area (Å²) in [6.45, 7) is 4.66. The highest BCUT2D eigenvalue weighted by molar-refractivity contribution is 6.11. The van der Waals surface area contributed by atoms with Gasteiger partial charge in [-0.2, -0.15) is 0 Å². The van der Waals surface area contributed by atoms with Crippen molar-refractivity contribution in [1.29, 1.82) is 0 Å². The molecule has 10 nitrogen and oxygen atoms in total. The molecular weight excluding hydrogens is 472 g/mol. The fourth-order valence-electron chi connectivity index (χ4n) is 4.61. The number of anilines is 1. The van der Waals surface area contributed by atoms with Crippen LogP contribution >= 0.6 is 0 Å². The molecule has 0 aliphatic carbocycles. The van der Waals surface area contributed by atoms with E-state index in [2.05, 4.69) is 21.9 Å². The van der Waals surface area contributed by atoms with Crippen LogP contribution in [0.4, 0.5) is 5.82 Å². The Kier molecular flexibility index (Phi) is 6.46. The first-order valence-corrected chi connectivity index (χ1v) is 11.9. The van der Waals surface area contributed by atoms with E-state index in [-0.39, 0.29) is 17.5 Å². The monoisotopic (exact) mass is 498 g/mol. The van der Waals surface area contributed by atoms with Crippen LogP contribution < -0.4 is 26.4 Å². The predicted octanol–water partition coefficient (Wildman–Crippen LogP) is 3.08. The highest BCUT2D eigenvalue weighted by Gasteiger charge is 2.28. The van der Waals surface area contributed by atoms with E-state index in [1.807, 2.05) is 35.2 Å². The first kappa shape index (κ1) is 23.9. The number of aromatic nitrogens is 3. The number of H-pyrrole nitrogens is 2. The molecule has 0 saturated carbocycles. The molecule has 2 amide bonds. The minimum Gasteiger partial charge on any atom is -0.457 e. The van der Waals surface area contributed by atoms with Gasteiger partial charge in [-0.05, 0) is 55.3 Å². The zero-order valence-corrected chi connectivity index (χ0v) is 20.0. The number of carbonyl (C=O) groups is 2. The lowest BCUT2D eigenvalue weighted by molar-refractivity contribution is -0.117. The smallest absolute Gasteiger partial charge is 0.323 e. The third kappa shape index (κ3) is 4.94. The molecule has 2 aromatic heterocycles. The lowest BCUT2D eigenvalue weighted by atomic mass is 10.0. The predicted molar refractivity (Wildman–Crippen MR) is 141 cm³/mol. The summed E-state index contributed by atoms with van der Waals surface area (Å²) in [5, 5.41) is 2.93. The number of ether oxygens (including phenoxy) is 1. The number of para-hydroxylation sites is 1. The van der Waals surface area contributed by atoms with Crippen LogP contribution in [-0.2, 0) is 4.79 Å². The summed E-state index contributed by atoms with van der Waals surface area (Å²) in [6, 6.07) is 16.4. The normalized spacial score (nSPS) is 15.4. The zero-order valence-electron chi connectivity index (χ0n) is 20.0. The van der Waals surface area contributed by atoms with Crippen molar-refractivity contribution >= 4 is 28.7 Å². The quantitative estimate of drug-likeness (QED) is 0.288. The van der Waals surface area contributed by atoms with Crippen LogP contribution in [0, 0.1) is 0 Å². The van der Waals surface area contributed by atoms with E-state index < -0.39 is 11.6 Å². The number of primary amides is 1. The highest BCUT2D eigenvalue weighted by atomic mass is 16.5. The number of benzene rings is 2. The van der Waals surface area contributed by atoms with Gasteiger partial charge in [0.1, 0.15) is 17.0 Å². The van der Waals surface area contributed by atoms with E-state index in [1.54, 1.807) is 24.3 Å². The van der Waals surface area contributed by atoms with Gasteiger partial charge in [-0.15, -0.1) is 0 Å².